The number of carbonyl (C=O) groups is 2. The molecule has 0 saturated carbocycles. The molecule has 3 rings (SSSR count). The van der Waals surface area contributed by atoms with E-state index in [-0.39, 0.29) is 16.7 Å². The Morgan fingerprint density at radius 2 is 1.73 bits per heavy atom. The average Bonchev–Trinajstić information content (AvgIpc) is 2.76. The first-order valence-corrected chi connectivity index (χ1v) is 7.86. The van der Waals surface area contributed by atoms with Crippen molar-refractivity contribution < 1.29 is 18.4 Å². The summed E-state index contributed by atoms with van der Waals surface area (Å²) in [7, 11) is 0. The largest absolute Gasteiger partial charge is 0.768 e. The maximum Gasteiger partial charge on any atom is 0.265 e. The first-order chi connectivity index (χ1) is 10.4. The van der Waals surface area contributed by atoms with Gasteiger partial charge in [-0.3, -0.25) is 19.1 Å². The predicted molar refractivity (Wildman–Crippen MR) is 85.7 cm³/mol. The van der Waals surface area contributed by atoms with Crippen molar-refractivity contribution in [3.63, 3.8) is 0 Å². The van der Waals surface area contributed by atoms with E-state index in [0.29, 0.717) is 15.6 Å². The highest BCUT2D eigenvalue weighted by molar-refractivity contribution is 9.12. The zero-order valence-electron chi connectivity index (χ0n) is 11.0. The van der Waals surface area contributed by atoms with Gasteiger partial charge in [0.1, 0.15) is 0 Å². The van der Waals surface area contributed by atoms with Crippen LogP contribution in [0.5, 0.6) is 0 Å². The van der Waals surface area contributed by atoms with Crippen LogP contribution in [0.2, 0.25) is 0 Å². The number of hydrogen-bond acceptors (Lipinski definition) is 5. The molecule has 0 aliphatic carbocycles. The molecule has 1 atom stereocenters. The number of imide groups is 1. The van der Waals surface area contributed by atoms with Crippen LogP contribution < -0.4 is 11.1 Å². The fourth-order valence-electron chi connectivity index (χ4n) is 1.83. The Kier molecular flexibility index (Phi) is 5.07. The van der Waals surface area contributed by atoms with Gasteiger partial charge >= 0.3 is 0 Å². The molecule has 6 nitrogen and oxygen atoms in total. The number of benzene rings is 2. The third kappa shape index (κ3) is 3.59. The normalized spacial score (nSPS) is 14.9. The second-order valence-electron chi connectivity index (χ2n) is 4.24. The molecule has 0 spiro atoms. The number of carbonyl (C=O) groups excluding carboxylic acids is 2. The maximum absolute atomic E-state index is 10.9. The van der Waals surface area contributed by atoms with Gasteiger partial charge in [0.15, 0.2) is 0 Å². The highest BCUT2D eigenvalue weighted by Gasteiger charge is 2.16. The summed E-state index contributed by atoms with van der Waals surface area (Å²) in [6.07, 6.45) is 1.20. The predicted octanol–water partition coefficient (Wildman–Crippen LogP) is 1.58. The maximum atomic E-state index is 10.9. The van der Waals surface area contributed by atoms with Gasteiger partial charge < -0.3 is 10.3 Å². The van der Waals surface area contributed by atoms with E-state index in [1.807, 2.05) is 11.4 Å². The van der Waals surface area contributed by atoms with E-state index in [9.17, 15) is 18.4 Å². The molecule has 2 amide bonds. The molecule has 3 N–H and O–H groups in total. The molecule has 1 aliphatic heterocycles. The number of hydrogen-bond donors (Lipinski definition) is 2. The molecule has 0 fully saturated rings. The van der Waals surface area contributed by atoms with Crippen molar-refractivity contribution in [2.75, 3.05) is 5.73 Å². The molecule has 1 unspecified atom stereocenters. The monoisotopic (exact) mass is 381 g/mol. The Morgan fingerprint density at radius 1 is 1.09 bits per heavy atom. The fourth-order valence-corrected chi connectivity index (χ4v) is 2.67. The number of anilines is 1. The minimum Gasteiger partial charge on any atom is -0.768 e. The van der Waals surface area contributed by atoms with E-state index in [4.69, 9.17) is 5.73 Å². The van der Waals surface area contributed by atoms with E-state index < -0.39 is 11.1 Å². The molecule has 114 valence electrons. The van der Waals surface area contributed by atoms with Gasteiger partial charge in [0, 0.05) is 22.0 Å². The minimum absolute atomic E-state index is 0.287. The molecule has 0 bridgehead atoms. The van der Waals surface area contributed by atoms with E-state index >= 15 is 0 Å². The number of fused-ring (bicyclic) bond motifs is 1. The first kappa shape index (κ1) is 16.3. The van der Waals surface area contributed by atoms with Crippen LogP contribution in [-0.2, 0) is 20.7 Å². The molecule has 0 aromatic heterocycles. The molecule has 2 aromatic carbocycles. The highest BCUT2D eigenvalue weighted by atomic mass is 79.9. The van der Waals surface area contributed by atoms with Crippen molar-refractivity contribution in [2.45, 2.75) is 4.90 Å². The van der Waals surface area contributed by atoms with Crippen molar-refractivity contribution in [3.05, 3.63) is 47.0 Å². The highest BCUT2D eigenvalue weighted by Crippen LogP contribution is 2.25. The van der Waals surface area contributed by atoms with Crippen molar-refractivity contribution in [2.24, 2.45) is 0 Å². The topological polar surface area (TPSA) is 112 Å². The van der Waals surface area contributed by atoms with Gasteiger partial charge in [-0.25, -0.2) is 0 Å². The van der Waals surface area contributed by atoms with Crippen molar-refractivity contribution in [1.82, 2.24) is 5.32 Å². The van der Waals surface area contributed by atoms with Crippen LogP contribution in [0.15, 0.2) is 51.9 Å². The number of nitrogens with one attached hydrogen (secondary N) is 1. The second kappa shape index (κ2) is 6.82. The van der Waals surface area contributed by atoms with E-state index in [0.717, 1.165) is 5.39 Å². The van der Waals surface area contributed by atoms with E-state index in [1.54, 1.807) is 24.3 Å². The van der Waals surface area contributed by atoms with Crippen molar-refractivity contribution >= 4 is 55.3 Å². The number of amides is 2. The van der Waals surface area contributed by atoms with Crippen LogP contribution in [0, 0.1) is 0 Å². The lowest BCUT2D eigenvalue weighted by Gasteiger charge is -2.10. The van der Waals surface area contributed by atoms with Gasteiger partial charge in [-0.15, -0.1) is 0 Å². The molecule has 0 saturated heterocycles. The SMILES string of the molecule is Nc1ccc(S(=O)[O-])c2ccccc12.O=C1C=C(Br)C(=O)N1. The van der Waals surface area contributed by atoms with E-state index in [1.165, 1.54) is 12.1 Å². The quantitative estimate of drug-likeness (QED) is 0.442. The Balaban J connectivity index is 0.000000188. The Bertz CT molecular complexity index is 820. The third-order valence-electron chi connectivity index (χ3n) is 2.81. The molecule has 8 heteroatoms. The summed E-state index contributed by atoms with van der Waals surface area (Å²) in [5.74, 6) is -0.725. The number of nitrogen functional groups attached to an aromatic ring is 1. The minimum atomic E-state index is -2.22. The van der Waals surface area contributed by atoms with Crippen molar-refractivity contribution in [1.29, 1.82) is 0 Å². The first-order valence-electron chi connectivity index (χ1n) is 5.99. The zero-order chi connectivity index (χ0) is 16.3. The molecular weight excluding hydrogens is 372 g/mol. The summed E-state index contributed by atoms with van der Waals surface area (Å²) < 4.78 is 22.1. The summed E-state index contributed by atoms with van der Waals surface area (Å²) in [4.78, 5) is 20.8. The summed E-state index contributed by atoms with van der Waals surface area (Å²) in [5, 5.41) is 3.49. The number of rotatable bonds is 1. The summed E-state index contributed by atoms with van der Waals surface area (Å²) in [5.41, 5.74) is 6.32. The van der Waals surface area contributed by atoms with Gasteiger partial charge in [0.25, 0.3) is 11.8 Å². The Labute approximate surface area is 136 Å². The van der Waals surface area contributed by atoms with Gasteiger partial charge in [-0.2, -0.15) is 0 Å². The smallest absolute Gasteiger partial charge is 0.265 e. The molecule has 0 radical (unpaired) electrons. The molecule has 1 heterocycles. The lowest BCUT2D eigenvalue weighted by atomic mass is 10.1. The fraction of sp³-hybridized carbons (Fsp3) is 0. The van der Waals surface area contributed by atoms with Gasteiger partial charge in [0.2, 0.25) is 0 Å². The van der Waals surface area contributed by atoms with Gasteiger partial charge in [-0.05, 0) is 44.5 Å². The second-order valence-corrected chi connectivity index (χ2v) is 6.01. The van der Waals surface area contributed by atoms with Crippen LogP contribution in [0.1, 0.15) is 0 Å². The van der Waals surface area contributed by atoms with Gasteiger partial charge in [-0.1, -0.05) is 24.3 Å². The lowest BCUT2D eigenvalue weighted by molar-refractivity contribution is -0.123. The molecule has 1 aliphatic rings. The number of nitrogens with two attached hydrogens (primary N) is 1. The standard InChI is InChI=1S/C10H9NO2S.C4H2BrNO2/c11-9-5-6-10(14(12)13)8-4-2-1-3-7(8)9;5-2-1-3(7)6-4(2)8/h1-6H,11H2,(H,12,13);1H,(H,6,7,8)/p-1. The zero-order valence-corrected chi connectivity index (χ0v) is 13.4. The summed E-state index contributed by atoms with van der Waals surface area (Å²) in [6, 6.07) is 10.3. The van der Waals surface area contributed by atoms with E-state index in [2.05, 4.69) is 15.9 Å². The van der Waals surface area contributed by atoms with Crippen LogP contribution in [-0.4, -0.2) is 20.6 Å². The third-order valence-corrected chi connectivity index (χ3v) is 4.11. The Hall–Kier alpha value is -2.03. The summed E-state index contributed by atoms with van der Waals surface area (Å²) >= 11 is 0.655. The number of halogens is 1. The van der Waals surface area contributed by atoms with Crippen LogP contribution >= 0.6 is 15.9 Å². The molecule has 2 aromatic rings. The van der Waals surface area contributed by atoms with Gasteiger partial charge in [0.05, 0.1) is 4.48 Å². The average molecular weight is 382 g/mol. The molecular formula is C14H10BrN2O4S-. The van der Waals surface area contributed by atoms with Crippen LogP contribution in [0.25, 0.3) is 10.8 Å². The van der Waals surface area contributed by atoms with Crippen LogP contribution in [0.3, 0.4) is 0 Å². The molecule has 22 heavy (non-hydrogen) atoms. The lowest BCUT2D eigenvalue weighted by Crippen LogP contribution is -2.21. The van der Waals surface area contributed by atoms with Crippen molar-refractivity contribution in [3.8, 4) is 0 Å². The Morgan fingerprint density at radius 3 is 2.18 bits per heavy atom. The summed E-state index contributed by atoms with van der Waals surface area (Å²) in [6.45, 7) is 0. The van der Waals surface area contributed by atoms with Crippen LogP contribution in [0.4, 0.5) is 5.69 Å².